The topological polar surface area (TPSA) is 84.1 Å². The van der Waals surface area contributed by atoms with Gasteiger partial charge in [0, 0.05) is 35.6 Å². The highest BCUT2D eigenvalue weighted by atomic mass is 16.5. The van der Waals surface area contributed by atoms with Gasteiger partial charge in [0.05, 0.1) is 6.61 Å². The maximum atomic E-state index is 12.2. The third kappa shape index (κ3) is 5.72. The Kier molecular flexibility index (Phi) is 6.55. The Hall–Kier alpha value is -2.63. The van der Waals surface area contributed by atoms with Crippen molar-refractivity contribution in [3.63, 3.8) is 0 Å². The molecule has 140 valence electrons. The van der Waals surface area contributed by atoms with E-state index in [4.69, 9.17) is 4.74 Å². The molecule has 6 nitrogen and oxygen atoms in total. The minimum Gasteiger partial charge on any atom is -0.494 e. The predicted octanol–water partition coefficient (Wildman–Crippen LogP) is 4.10. The number of amides is 1. The second kappa shape index (κ2) is 8.65. The van der Waals surface area contributed by atoms with E-state index in [1.165, 1.54) is 0 Å². The summed E-state index contributed by atoms with van der Waals surface area (Å²) in [6.45, 7) is 8.86. The van der Waals surface area contributed by atoms with Crippen LogP contribution in [0.5, 0.6) is 5.75 Å². The first-order chi connectivity index (χ1) is 12.3. The van der Waals surface area contributed by atoms with Crippen LogP contribution in [-0.2, 0) is 10.2 Å². The molecule has 0 radical (unpaired) electrons. The van der Waals surface area contributed by atoms with Gasteiger partial charge in [0.25, 0.3) is 0 Å². The van der Waals surface area contributed by atoms with E-state index in [2.05, 4.69) is 36.3 Å². The molecular formula is C20H27N3O3. The Labute approximate surface area is 154 Å². The molecule has 1 heterocycles. The first-order valence-electron chi connectivity index (χ1n) is 8.91. The molecule has 6 heteroatoms. The zero-order valence-corrected chi connectivity index (χ0v) is 15.9. The van der Waals surface area contributed by atoms with E-state index in [-0.39, 0.29) is 29.9 Å². The third-order valence-electron chi connectivity index (χ3n) is 3.88. The molecule has 1 amide bonds. The monoisotopic (exact) mass is 357 g/mol. The molecule has 0 aliphatic rings. The van der Waals surface area contributed by atoms with Gasteiger partial charge < -0.3 is 10.1 Å². The molecule has 26 heavy (non-hydrogen) atoms. The summed E-state index contributed by atoms with van der Waals surface area (Å²) in [7, 11) is 0. The van der Waals surface area contributed by atoms with E-state index in [1.807, 2.05) is 13.0 Å². The number of H-pyrrole nitrogens is 1. The van der Waals surface area contributed by atoms with Crippen LogP contribution in [0, 0.1) is 0 Å². The van der Waals surface area contributed by atoms with Crippen molar-refractivity contribution in [1.29, 1.82) is 0 Å². The fourth-order valence-corrected chi connectivity index (χ4v) is 2.30. The fourth-order valence-electron chi connectivity index (χ4n) is 2.30. The van der Waals surface area contributed by atoms with Crippen LogP contribution >= 0.6 is 0 Å². The second-order valence-electron chi connectivity index (χ2n) is 7.26. The molecule has 2 aromatic rings. The van der Waals surface area contributed by atoms with Crippen molar-refractivity contribution < 1.29 is 14.3 Å². The van der Waals surface area contributed by atoms with Gasteiger partial charge in [-0.05, 0) is 30.7 Å². The summed E-state index contributed by atoms with van der Waals surface area (Å²) >= 11 is 0. The van der Waals surface area contributed by atoms with Gasteiger partial charge in [-0.1, -0.05) is 27.7 Å². The first-order valence-corrected chi connectivity index (χ1v) is 8.91. The lowest BCUT2D eigenvalue weighted by Gasteiger charge is -2.14. The van der Waals surface area contributed by atoms with Gasteiger partial charge >= 0.3 is 0 Å². The van der Waals surface area contributed by atoms with E-state index >= 15 is 0 Å². The summed E-state index contributed by atoms with van der Waals surface area (Å²) in [6, 6.07) is 8.83. The highest BCUT2D eigenvalue weighted by molar-refractivity contribution is 5.99. The summed E-state index contributed by atoms with van der Waals surface area (Å²) in [5.74, 6) is 0.923. The predicted molar refractivity (Wildman–Crippen MR) is 102 cm³/mol. The maximum absolute atomic E-state index is 12.2. The van der Waals surface area contributed by atoms with Gasteiger partial charge in [-0.25, -0.2) is 0 Å². The molecule has 0 saturated heterocycles. The van der Waals surface area contributed by atoms with Crippen molar-refractivity contribution in [3.05, 3.63) is 41.6 Å². The number of hydrogen-bond donors (Lipinski definition) is 2. The van der Waals surface area contributed by atoms with Crippen LogP contribution in [-0.4, -0.2) is 28.5 Å². The number of Topliss-reactive ketones (excluding diaryl/α,β-unsaturated/α-hetero) is 1. The van der Waals surface area contributed by atoms with Crippen LogP contribution < -0.4 is 10.1 Å². The molecule has 2 rings (SSSR count). The number of aromatic nitrogens is 2. The summed E-state index contributed by atoms with van der Waals surface area (Å²) in [6.07, 6.45) is 1.20. The van der Waals surface area contributed by atoms with Crippen LogP contribution in [0.4, 0.5) is 5.82 Å². The van der Waals surface area contributed by atoms with Gasteiger partial charge in [0.1, 0.15) is 5.75 Å². The Morgan fingerprint density at radius 2 is 1.85 bits per heavy atom. The molecule has 2 N–H and O–H groups in total. The number of nitrogens with zero attached hydrogens (tertiary/aromatic N) is 1. The van der Waals surface area contributed by atoms with E-state index < -0.39 is 0 Å². The number of nitrogens with one attached hydrogen (secondary N) is 2. The van der Waals surface area contributed by atoms with Crippen LogP contribution in [0.3, 0.4) is 0 Å². The molecule has 0 bridgehead atoms. The number of benzene rings is 1. The largest absolute Gasteiger partial charge is 0.494 e. The fraction of sp³-hybridized carbons (Fsp3) is 0.450. The van der Waals surface area contributed by atoms with Crippen LogP contribution in [0.2, 0.25) is 0 Å². The summed E-state index contributed by atoms with van der Waals surface area (Å²) in [5, 5.41) is 9.72. The summed E-state index contributed by atoms with van der Waals surface area (Å²) in [5.41, 5.74) is 1.45. The number of anilines is 1. The molecule has 0 fully saturated rings. The number of aromatic amines is 1. The minimum absolute atomic E-state index is 0.0698. The van der Waals surface area contributed by atoms with Crippen molar-refractivity contribution in [2.24, 2.45) is 0 Å². The molecule has 1 aromatic heterocycles. The highest BCUT2D eigenvalue weighted by Crippen LogP contribution is 2.22. The Morgan fingerprint density at radius 3 is 2.42 bits per heavy atom. The zero-order chi connectivity index (χ0) is 19.2. The highest BCUT2D eigenvalue weighted by Gasteiger charge is 2.17. The molecule has 1 aromatic carbocycles. The average Bonchev–Trinajstić information content (AvgIpc) is 3.07. The molecule has 0 atom stereocenters. The average molecular weight is 357 g/mol. The van der Waals surface area contributed by atoms with E-state index in [0.717, 1.165) is 17.9 Å². The van der Waals surface area contributed by atoms with Crippen molar-refractivity contribution in [2.45, 2.75) is 52.4 Å². The lowest BCUT2D eigenvalue weighted by atomic mass is 9.92. The molecule has 0 saturated carbocycles. The quantitative estimate of drug-likeness (QED) is 0.697. The van der Waals surface area contributed by atoms with Gasteiger partial charge in [-0.2, -0.15) is 5.10 Å². The Balaban J connectivity index is 1.83. The number of ether oxygens (including phenoxy) is 1. The lowest BCUT2D eigenvalue weighted by molar-refractivity contribution is -0.116. The van der Waals surface area contributed by atoms with Crippen molar-refractivity contribution in [2.75, 3.05) is 11.9 Å². The molecule has 0 aliphatic carbocycles. The summed E-state index contributed by atoms with van der Waals surface area (Å²) in [4.78, 5) is 24.3. The van der Waals surface area contributed by atoms with E-state index in [1.54, 1.807) is 24.3 Å². The van der Waals surface area contributed by atoms with E-state index in [9.17, 15) is 9.59 Å². The van der Waals surface area contributed by atoms with Gasteiger partial charge in [-0.3, -0.25) is 14.7 Å². The van der Waals surface area contributed by atoms with Crippen molar-refractivity contribution >= 4 is 17.5 Å². The molecule has 0 spiro atoms. The van der Waals surface area contributed by atoms with Gasteiger partial charge in [-0.15, -0.1) is 0 Å². The van der Waals surface area contributed by atoms with E-state index in [0.29, 0.717) is 18.0 Å². The summed E-state index contributed by atoms with van der Waals surface area (Å²) < 4.78 is 5.49. The van der Waals surface area contributed by atoms with Crippen LogP contribution in [0.25, 0.3) is 0 Å². The van der Waals surface area contributed by atoms with Gasteiger partial charge in [0.15, 0.2) is 11.6 Å². The van der Waals surface area contributed by atoms with Crippen molar-refractivity contribution in [3.8, 4) is 5.75 Å². The minimum atomic E-state index is -0.229. The Bertz CT molecular complexity index is 742. The SMILES string of the molecule is CCCOc1ccc(C(=O)CCC(=O)Nc2cc(C(C)(C)C)[nH]n2)cc1. The van der Waals surface area contributed by atoms with Gasteiger partial charge in [0.2, 0.25) is 5.91 Å². The molecule has 0 unspecified atom stereocenters. The van der Waals surface area contributed by atoms with Crippen LogP contribution in [0.15, 0.2) is 30.3 Å². The Morgan fingerprint density at radius 1 is 1.15 bits per heavy atom. The van der Waals surface area contributed by atoms with Crippen molar-refractivity contribution in [1.82, 2.24) is 10.2 Å². The number of ketones is 1. The number of carbonyl (C=O) groups excluding carboxylic acids is 2. The smallest absolute Gasteiger partial charge is 0.226 e. The number of rotatable bonds is 8. The molecule has 0 aliphatic heterocycles. The second-order valence-corrected chi connectivity index (χ2v) is 7.26. The standard InChI is InChI=1S/C20H27N3O3/c1-5-12-26-15-8-6-14(7-9-15)16(24)10-11-19(25)21-18-13-17(22-23-18)20(2,3)4/h6-9,13H,5,10-12H2,1-4H3,(H2,21,22,23,25). The zero-order valence-electron chi connectivity index (χ0n) is 15.9. The van der Waals surface area contributed by atoms with Crippen LogP contribution in [0.1, 0.15) is 63.0 Å². The number of hydrogen-bond acceptors (Lipinski definition) is 4. The lowest BCUT2D eigenvalue weighted by Crippen LogP contribution is -2.14. The third-order valence-corrected chi connectivity index (χ3v) is 3.88. The normalized spacial score (nSPS) is 11.2. The number of carbonyl (C=O) groups is 2. The molecular weight excluding hydrogens is 330 g/mol. The first kappa shape index (κ1) is 19.7. The maximum Gasteiger partial charge on any atom is 0.226 e.